The minimum absolute atomic E-state index is 0.0715. The fraction of sp³-hybridized carbons (Fsp3) is 0.135. The molecular formula is C37H34N4O4S2. The van der Waals surface area contributed by atoms with Crippen LogP contribution < -0.4 is 20.7 Å². The number of hydrogen-bond acceptors (Lipinski definition) is 7. The number of rotatable bonds is 12. The molecule has 1 atom stereocenters. The van der Waals surface area contributed by atoms with Gasteiger partial charge in [0.25, 0.3) is 11.8 Å². The van der Waals surface area contributed by atoms with Crippen LogP contribution in [0.25, 0.3) is 17.3 Å². The SMILES string of the molecule is CCOc1ccc(/C=C(/NC(=O)c2ccccc2)C(=O)Nc2cccc(SC(C)C(=O)Nc3nc(-c4ccc(C)cc4)cs3)c2)cc1. The van der Waals surface area contributed by atoms with Crippen LogP contribution in [0, 0.1) is 6.92 Å². The number of anilines is 2. The van der Waals surface area contributed by atoms with E-state index in [1.807, 2.05) is 74.7 Å². The van der Waals surface area contributed by atoms with E-state index in [0.717, 1.165) is 16.2 Å². The number of hydrogen-bond donors (Lipinski definition) is 3. The van der Waals surface area contributed by atoms with Gasteiger partial charge in [0.1, 0.15) is 11.4 Å². The summed E-state index contributed by atoms with van der Waals surface area (Å²) in [5.41, 5.74) is 4.69. The number of nitrogens with one attached hydrogen (secondary N) is 3. The molecule has 1 aromatic heterocycles. The number of thiazole rings is 1. The molecule has 0 aliphatic rings. The summed E-state index contributed by atoms with van der Waals surface area (Å²) < 4.78 is 5.52. The average molecular weight is 663 g/mol. The summed E-state index contributed by atoms with van der Waals surface area (Å²) in [4.78, 5) is 44.9. The number of aromatic nitrogens is 1. The monoisotopic (exact) mass is 662 g/mol. The molecule has 238 valence electrons. The van der Waals surface area contributed by atoms with Crippen LogP contribution in [0.3, 0.4) is 0 Å². The quantitative estimate of drug-likeness (QED) is 0.0922. The van der Waals surface area contributed by atoms with E-state index in [0.29, 0.717) is 34.3 Å². The molecule has 0 aliphatic heterocycles. The van der Waals surface area contributed by atoms with Crippen molar-refractivity contribution in [3.05, 3.63) is 131 Å². The first-order chi connectivity index (χ1) is 22.8. The minimum Gasteiger partial charge on any atom is -0.494 e. The Morgan fingerprint density at radius 3 is 2.38 bits per heavy atom. The van der Waals surface area contributed by atoms with Crippen molar-refractivity contribution in [1.82, 2.24) is 10.3 Å². The molecule has 0 radical (unpaired) electrons. The number of nitrogens with zero attached hydrogens (tertiary/aromatic N) is 1. The molecule has 0 saturated carbocycles. The van der Waals surface area contributed by atoms with Crippen LogP contribution in [-0.2, 0) is 9.59 Å². The molecule has 8 nitrogen and oxygen atoms in total. The van der Waals surface area contributed by atoms with Gasteiger partial charge in [0, 0.05) is 27.1 Å². The van der Waals surface area contributed by atoms with Crippen LogP contribution in [0.2, 0.25) is 0 Å². The zero-order valence-corrected chi connectivity index (χ0v) is 27.8. The lowest BCUT2D eigenvalue weighted by atomic mass is 10.1. The first-order valence-electron chi connectivity index (χ1n) is 15.0. The molecule has 4 aromatic carbocycles. The molecule has 5 rings (SSSR count). The van der Waals surface area contributed by atoms with Gasteiger partial charge in [-0.25, -0.2) is 4.98 Å². The zero-order chi connectivity index (χ0) is 33.2. The second-order valence-corrected chi connectivity index (χ2v) is 12.8. The molecule has 3 amide bonds. The van der Waals surface area contributed by atoms with E-state index >= 15 is 0 Å². The molecule has 5 aromatic rings. The molecule has 0 aliphatic carbocycles. The summed E-state index contributed by atoms with van der Waals surface area (Å²) in [7, 11) is 0. The number of carbonyl (C=O) groups is 3. The van der Waals surface area contributed by atoms with Crippen LogP contribution in [0.4, 0.5) is 10.8 Å². The molecule has 0 spiro atoms. The van der Waals surface area contributed by atoms with E-state index in [4.69, 9.17) is 4.74 Å². The van der Waals surface area contributed by atoms with E-state index in [1.165, 1.54) is 28.7 Å². The normalized spacial score (nSPS) is 11.8. The van der Waals surface area contributed by atoms with E-state index < -0.39 is 17.1 Å². The highest BCUT2D eigenvalue weighted by Gasteiger charge is 2.18. The van der Waals surface area contributed by atoms with Gasteiger partial charge >= 0.3 is 0 Å². The lowest BCUT2D eigenvalue weighted by molar-refractivity contribution is -0.115. The number of carbonyl (C=O) groups excluding carboxylic acids is 3. The average Bonchev–Trinajstić information content (AvgIpc) is 3.54. The summed E-state index contributed by atoms with van der Waals surface area (Å²) in [6, 6.07) is 31.2. The highest BCUT2D eigenvalue weighted by Crippen LogP contribution is 2.29. The molecule has 0 fully saturated rings. The standard InChI is InChI=1S/C37H34N4O4S2/c1-4-45-30-19-15-26(16-20-30)21-32(39-35(43)28-9-6-5-7-10-28)36(44)38-29-11-8-12-31(22-29)47-25(3)34(42)41-37-40-33(23-46-37)27-17-13-24(2)14-18-27/h5-23,25H,4H2,1-3H3,(H,38,44)(H,39,43)(H,40,41,42)/b32-21+. The van der Waals surface area contributed by atoms with Crippen molar-refractivity contribution in [1.29, 1.82) is 0 Å². The Kier molecular flexibility index (Phi) is 11.2. The largest absolute Gasteiger partial charge is 0.494 e. The zero-order valence-electron chi connectivity index (χ0n) is 26.2. The molecule has 0 saturated heterocycles. The van der Waals surface area contributed by atoms with Gasteiger partial charge in [-0.1, -0.05) is 66.2 Å². The molecule has 1 unspecified atom stereocenters. The smallest absolute Gasteiger partial charge is 0.272 e. The highest BCUT2D eigenvalue weighted by atomic mass is 32.2. The Hall–Kier alpha value is -5.19. The van der Waals surface area contributed by atoms with Crippen molar-refractivity contribution in [2.45, 2.75) is 30.9 Å². The first kappa shape index (κ1) is 33.2. The van der Waals surface area contributed by atoms with E-state index in [1.54, 1.807) is 60.7 Å². The fourth-order valence-corrected chi connectivity index (χ4v) is 6.08. The molecule has 3 N–H and O–H groups in total. The van der Waals surface area contributed by atoms with Gasteiger partial charge in [0.05, 0.1) is 17.6 Å². The lowest BCUT2D eigenvalue weighted by Crippen LogP contribution is -2.30. The summed E-state index contributed by atoms with van der Waals surface area (Å²) in [5.74, 6) is -0.379. The number of thioether (sulfide) groups is 1. The topological polar surface area (TPSA) is 109 Å². The molecular weight excluding hydrogens is 629 g/mol. The van der Waals surface area contributed by atoms with E-state index in [-0.39, 0.29) is 11.6 Å². The summed E-state index contributed by atoms with van der Waals surface area (Å²) in [6.45, 7) is 6.29. The maximum atomic E-state index is 13.5. The Balaban J connectivity index is 1.25. The Labute approximate surface area is 282 Å². The second-order valence-electron chi connectivity index (χ2n) is 10.5. The predicted octanol–water partition coefficient (Wildman–Crippen LogP) is 8.05. The lowest BCUT2D eigenvalue weighted by Gasteiger charge is -2.14. The van der Waals surface area contributed by atoms with Gasteiger partial charge in [0.15, 0.2) is 5.13 Å². The number of amides is 3. The van der Waals surface area contributed by atoms with Gasteiger partial charge in [0.2, 0.25) is 5.91 Å². The third kappa shape index (κ3) is 9.41. The second kappa shape index (κ2) is 15.9. The predicted molar refractivity (Wildman–Crippen MR) is 191 cm³/mol. The Morgan fingerprint density at radius 1 is 0.915 bits per heavy atom. The molecule has 1 heterocycles. The number of aryl methyl sites for hydroxylation is 1. The molecule has 10 heteroatoms. The van der Waals surface area contributed by atoms with Crippen molar-refractivity contribution in [2.75, 3.05) is 17.2 Å². The van der Waals surface area contributed by atoms with E-state index in [2.05, 4.69) is 20.9 Å². The fourth-order valence-electron chi connectivity index (χ4n) is 4.43. The maximum absolute atomic E-state index is 13.5. The summed E-state index contributed by atoms with van der Waals surface area (Å²) >= 11 is 2.74. The van der Waals surface area contributed by atoms with Gasteiger partial charge in [-0.15, -0.1) is 23.1 Å². The highest BCUT2D eigenvalue weighted by molar-refractivity contribution is 8.00. The Morgan fingerprint density at radius 2 is 1.66 bits per heavy atom. The van der Waals surface area contributed by atoms with E-state index in [9.17, 15) is 14.4 Å². The van der Waals surface area contributed by atoms with Crippen LogP contribution in [-0.4, -0.2) is 34.6 Å². The third-order valence-corrected chi connectivity index (χ3v) is 8.74. The number of ether oxygens (including phenoxy) is 1. The maximum Gasteiger partial charge on any atom is 0.272 e. The van der Waals surface area contributed by atoms with Gasteiger partial charge in [-0.2, -0.15) is 0 Å². The van der Waals surface area contributed by atoms with Crippen molar-refractivity contribution >= 4 is 57.7 Å². The van der Waals surface area contributed by atoms with Crippen LogP contribution in [0.1, 0.15) is 35.3 Å². The first-order valence-corrected chi connectivity index (χ1v) is 16.8. The van der Waals surface area contributed by atoms with Crippen LogP contribution in [0.15, 0.2) is 119 Å². The van der Waals surface area contributed by atoms with Crippen LogP contribution >= 0.6 is 23.1 Å². The molecule has 47 heavy (non-hydrogen) atoms. The molecule has 0 bridgehead atoms. The van der Waals surface area contributed by atoms with Gasteiger partial charge < -0.3 is 20.7 Å². The van der Waals surface area contributed by atoms with Crippen LogP contribution in [0.5, 0.6) is 5.75 Å². The summed E-state index contributed by atoms with van der Waals surface area (Å²) in [5, 5.41) is 10.6. The number of benzene rings is 4. The van der Waals surface area contributed by atoms with Gasteiger partial charge in [-0.3, -0.25) is 14.4 Å². The third-order valence-electron chi connectivity index (χ3n) is 6.89. The summed E-state index contributed by atoms with van der Waals surface area (Å²) in [6.07, 6.45) is 1.61. The Bertz CT molecular complexity index is 1870. The van der Waals surface area contributed by atoms with Crippen molar-refractivity contribution in [3.63, 3.8) is 0 Å². The minimum atomic E-state index is -0.496. The van der Waals surface area contributed by atoms with Crippen molar-refractivity contribution < 1.29 is 19.1 Å². The van der Waals surface area contributed by atoms with Crippen molar-refractivity contribution in [3.8, 4) is 17.0 Å². The van der Waals surface area contributed by atoms with Gasteiger partial charge in [-0.05, 0) is 74.9 Å². The van der Waals surface area contributed by atoms with Crippen molar-refractivity contribution in [2.24, 2.45) is 0 Å².